The van der Waals surface area contributed by atoms with Crippen LogP contribution in [0, 0.1) is 6.92 Å². The molecule has 0 saturated carbocycles. The highest BCUT2D eigenvalue weighted by atomic mass is 32.2. The van der Waals surface area contributed by atoms with Crippen LogP contribution < -0.4 is 9.46 Å². The smallest absolute Gasteiger partial charge is 0.337 e. The number of aromatic carboxylic acids is 1. The molecule has 2 rings (SSSR count). The van der Waals surface area contributed by atoms with Gasteiger partial charge in [-0.15, -0.1) is 0 Å². The third-order valence-corrected chi connectivity index (χ3v) is 4.41. The number of carboxylic acids is 1. The van der Waals surface area contributed by atoms with Gasteiger partial charge in [0.05, 0.1) is 23.3 Å². The maximum atomic E-state index is 12.3. The number of carbonyl (C=O) groups is 1. The van der Waals surface area contributed by atoms with E-state index in [4.69, 9.17) is 4.74 Å². The zero-order valence-corrected chi connectivity index (χ0v) is 12.8. The summed E-state index contributed by atoms with van der Waals surface area (Å²) in [5.74, 6) is -0.920. The minimum Gasteiger partial charge on any atom is -0.497 e. The number of rotatable bonds is 5. The van der Waals surface area contributed by atoms with Crippen LogP contribution in [0.15, 0.2) is 47.4 Å². The van der Waals surface area contributed by atoms with Gasteiger partial charge in [0.1, 0.15) is 5.75 Å². The number of aryl methyl sites for hydroxylation is 1. The number of ether oxygens (including phenoxy) is 1. The van der Waals surface area contributed by atoms with Crippen LogP contribution in [0.5, 0.6) is 5.75 Å². The summed E-state index contributed by atoms with van der Waals surface area (Å²) in [7, 11) is -2.46. The van der Waals surface area contributed by atoms with Crippen LogP contribution in [0.3, 0.4) is 0 Å². The highest BCUT2D eigenvalue weighted by Crippen LogP contribution is 2.25. The molecular weight excluding hydrogens is 306 g/mol. The van der Waals surface area contributed by atoms with E-state index in [1.807, 2.05) is 6.92 Å². The Morgan fingerprint density at radius 1 is 1.14 bits per heavy atom. The average Bonchev–Trinajstić information content (AvgIpc) is 2.47. The second kappa shape index (κ2) is 6.07. The molecule has 0 heterocycles. The van der Waals surface area contributed by atoms with Crippen LogP contribution >= 0.6 is 0 Å². The predicted octanol–water partition coefficient (Wildman–Crippen LogP) is 2.50. The van der Waals surface area contributed by atoms with Crippen molar-refractivity contribution in [3.8, 4) is 5.75 Å². The van der Waals surface area contributed by atoms with E-state index in [9.17, 15) is 18.3 Å². The van der Waals surface area contributed by atoms with Crippen LogP contribution in [0.4, 0.5) is 5.69 Å². The molecule has 22 heavy (non-hydrogen) atoms. The Labute approximate surface area is 128 Å². The zero-order valence-electron chi connectivity index (χ0n) is 12.0. The van der Waals surface area contributed by atoms with Crippen LogP contribution in [0.1, 0.15) is 15.9 Å². The molecule has 0 spiro atoms. The van der Waals surface area contributed by atoms with Crippen molar-refractivity contribution in [1.29, 1.82) is 0 Å². The third kappa shape index (κ3) is 3.37. The Kier molecular flexibility index (Phi) is 4.37. The molecule has 6 nitrogen and oxygen atoms in total. The van der Waals surface area contributed by atoms with E-state index in [-0.39, 0.29) is 16.1 Å². The number of carboxylic acid groups (broad SMARTS) is 1. The van der Waals surface area contributed by atoms with Gasteiger partial charge in [-0.1, -0.05) is 17.7 Å². The van der Waals surface area contributed by atoms with Crippen LogP contribution in [0.2, 0.25) is 0 Å². The van der Waals surface area contributed by atoms with Crippen molar-refractivity contribution < 1.29 is 23.1 Å². The largest absolute Gasteiger partial charge is 0.497 e. The molecular formula is C15H15NO5S. The Morgan fingerprint density at radius 3 is 2.32 bits per heavy atom. The van der Waals surface area contributed by atoms with E-state index in [2.05, 4.69) is 4.72 Å². The molecule has 2 aromatic rings. The average molecular weight is 321 g/mol. The highest BCUT2D eigenvalue weighted by Gasteiger charge is 2.19. The Bertz CT molecular complexity index is 797. The van der Waals surface area contributed by atoms with E-state index in [1.54, 1.807) is 12.1 Å². The van der Waals surface area contributed by atoms with E-state index < -0.39 is 16.0 Å². The van der Waals surface area contributed by atoms with Gasteiger partial charge in [0.25, 0.3) is 10.0 Å². The summed E-state index contributed by atoms with van der Waals surface area (Å²) >= 11 is 0. The molecule has 0 aliphatic heterocycles. The highest BCUT2D eigenvalue weighted by molar-refractivity contribution is 7.92. The summed E-state index contributed by atoms with van der Waals surface area (Å²) < 4.78 is 31.9. The SMILES string of the molecule is COc1ccc(NS(=O)(=O)c2ccc(C)cc2)c(C(=O)O)c1. The second-order valence-corrected chi connectivity index (χ2v) is 6.32. The third-order valence-electron chi connectivity index (χ3n) is 3.03. The molecule has 0 atom stereocenters. The molecule has 0 unspecified atom stereocenters. The van der Waals surface area contributed by atoms with Crippen molar-refractivity contribution in [2.24, 2.45) is 0 Å². The van der Waals surface area contributed by atoms with Crippen LogP contribution in [-0.2, 0) is 10.0 Å². The van der Waals surface area contributed by atoms with Gasteiger partial charge in [-0.05, 0) is 37.3 Å². The number of methoxy groups -OCH3 is 1. The first-order valence-corrected chi connectivity index (χ1v) is 7.82. The van der Waals surface area contributed by atoms with Crippen molar-refractivity contribution in [2.45, 2.75) is 11.8 Å². The molecule has 0 bridgehead atoms. The van der Waals surface area contributed by atoms with Crippen molar-refractivity contribution >= 4 is 21.7 Å². The quantitative estimate of drug-likeness (QED) is 0.882. The summed E-state index contributed by atoms with van der Waals surface area (Å²) in [6.07, 6.45) is 0. The van der Waals surface area contributed by atoms with Crippen LogP contribution in [0.25, 0.3) is 0 Å². The number of anilines is 1. The Hall–Kier alpha value is -2.54. The van der Waals surface area contributed by atoms with Gasteiger partial charge in [0.2, 0.25) is 0 Å². The molecule has 0 fully saturated rings. The van der Waals surface area contributed by atoms with Gasteiger partial charge in [-0.2, -0.15) is 0 Å². The molecule has 7 heteroatoms. The first-order chi connectivity index (χ1) is 10.3. The number of sulfonamides is 1. The maximum absolute atomic E-state index is 12.3. The van der Waals surface area contributed by atoms with E-state index >= 15 is 0 Å². The number of nitrogens with one attached hydrogen (secondary N) is 1. The van der Waals surface area contributed by atoms with Gasteiger partial charge < -0.3 is 9.84 Å². The summed E-state index contributed by atoms with van der Waals surface area (Å²) in [6.45, 7) is 1.84. The van der Waals surface area contributed by atoms with Gasteiger partial charge in [-0.25, -0.2) is 13.2 Å². The topological polar surface area (TPSA) is 92.7 Å². The fraction of sp³-hybridized carbons (Fsp3) is 0.133. The number of benzene rings is 2. The van der Waals surface area contributed by atoms with Gasteiger partial charge in [0.15, 0.2) is 0 Å². The molecule has 0 amide bonds. The lowest BCUT2D eigenvalue weighted by atomic mass is 10.2. The van der Waals surface area contributed by atoms with E-state index in [0.29, 0.717) is 5.75 Å². The molecule has 0 aromatic heterocycles. The molecule has 0 aliphatic carbocycles. The monoisotopic (exact) mass is 321 g/mol. The molecule has 2 N–H and O–H groups in total. The lowest BCUT2D eigenvalue weighted by Crippen LogP contribution is -2.15. The fourth-order valence-corrected chi connectivity index (χ4v) is 2.92. The summed E-state index contributed by atoms with van der Waals surface area (Å²) in [6, 6.07) is 10.4. The minimum atomic E-state index is -3.86. The second-order valence-electron chi connectivity index (χ2n) is 4.64. The summed E-state index contributed by atoms with van der Waals surface area (Å²) in [4.78, 5) is 11.3. The normalized spacial score (nSPS) is 11.0. The molecule has 0 saturated heterocycles. The Balaban J connectivity index is 2.41. The molecule has 116 valence electrons. The standard InChI is InChI=1S/C15H15NO5S/c1-10-3-6-12(7-4-10)22(19,20)16-14-8-5-11(21-2)9-13(14)15(17)18/h3-9,16H,1-2H3,(H,17,18). The first-order valence-electron chi connectivity index (χ1n) is 6.34. The lowest BCUT2D eigenvalue weighted by Gasteiger charge is -2.12. The van der Waals surface area contributed by atoms with Crippen molar-refractivity contribution in [1.82, 2.24) is 0 Å². The first kappa shape index (κ1) is 15.8. The van der Waals surface area contributed by atoms with Gasteiger partial charge in [-0.3, -0.25) is 4.72 Å². The maximum Gasteiger partial charge on any atom is 0.337 e. The minimum absolute atomic E-state index is 0.0196. The molecule has 0 radical (unpaired) electrons. The molecule has 2 aromatic carbocycles. The van der Waals surface area contributed by atoms with Crippen LogP contribution in [-0.4, -0.2) is 26.6 Å². The summed E-state index contributed by atoms with van der Waals surface area (Å²) in [5, 5.41) is 9.20. The van der Waals surface area contributed by atoms with Crippen molar-refractivity contribution in [3.63, 3.8) is 0 Å². The molecule has 0 aliphatic rings. The number of hydrogen-bond donors (Lipinski definition) is 2. The lowest BCUT2D eigenvalue weighted by molar-refractivity contribution is 0.0697. The van der Waals surface area contributed by atoms with Crippen molar-refractivity contribution in [2.75, 3.05) is 11.8 Å². The summed E-state index contributed by atoms with van der Waals surface area (Å²) in [5.41, 5.74) is 0.721. The Morgan fingerprint density at radius 2 is 1.77 bits per heavy atom. The van der Waals surface area contributed by atoms with Crippen molar-refractivity contribution in [3.05, 3.63) is 53.6 Å². The van der Waals surface area contributed by atoms with Gasteiger partial charge in [0, 0.05) is 0 Å². The van der Waals surface area contributed by atoms with E-state index in [1.165, 1.54) is 37.4 Å². The fourth-order valence-electron chi connectivity index (χ4n) is 1.84. The zero-order chi connectivity index (χ0) is 16.3. The van der Waals surface area contributed by atoms with Gasteiger partial charge >= 0.3 is 5.97 Å². The number of hydrogen-bond acceptors (Lipinski definition) is 4. The predicted molar refractivity (Wildman–Crippen MR) is 81.9 cm³/mol. The van der Waals surface area contributed by atoms with E-state index in [0.717, 1.165) is 5.56 Å².